The van der Waals surface area contributed by atoms with Crippen LogP contribution in [0.1, 0.15) is 24.0 Å². The number of anilines is 6. The van der Waals surface area contributed by atoms with Gasteiger partial charge in [-0.3, -0.25) is 4.79 Å². The highest BCUT2D eigenvalue weighted by Crippen LogP contribution is 2.37. The third kappa shape index (κ3) is 8.31. The van der Waals surface area contributed by atoms with E-state index in [9.17, 15) is 4.79 Å². The molecule has 4 fully saturated rings. The number of likely N-dealkylation sites (tertiary alicyclic amines) is 1. The molecule has 4 atom stereocenters. The molecule has 0 radical (unpaired) electrons. The van der Waals surface area contributed by atoms with Crippen molar-refractivity contribution in [2.75, 3.05) is 46.6 Å². The van der Waals surface area contributed by atoms with E-state index in [0.29, 0.717) is 71.7 Å². The molecule has 4 unspecified atom stereocenters. The molecule has 2 aromatic carbocycles. The maximum Gasteiger partial charge on any atom is 0.308 e. The Morgan fingerprint density at radius 1 is 0.680 bits per heavy atom. The molecule has 14 rings (SSSR count). The molecule has 8 aromatic heterocycles. The first-order chi connectivity index (χ1) is 36.8. The molecule has 0 aliphatic carbocycles. The highest BCUT2D eigenvalue weighted by molar-refractivity contribution is 5.90. The number of hydrogen-bond donors (Lipinski definition) is 3. The van der Waals surface area contributed by atoms with Gasteiger partial charge in [-0.05, 0) is 116 Å². The van der Waals surface area contributed by atoms with Gasteiger partial charge in [0, 0.05) is 74.0 Å². The average Bonchev–Trinajstić information content (AvgIpc) is 4.33. The van der Waals surface area contributed by atoms with Gasteiger partial charge in [0.05, 0.1) is 35.4 Å². The molecule has 21 nitrogen and oxygen atoms in total. The average molecular weight is 998 g/mol. The van der Waals surface area contributed by atoms with Gasteiger partial charge in [0.1, 0.15) is 71.2 Å². The predicted molar refractivity (Wildman–Crippen MR) is 280 cm³/mol. The molecule has 0 spiro atoms. The first-order valence-corrected chi connectivity index (χ1v) is 25.0. The zero-order chi connectivity index (χ0) is 50.1. The SMILES string of the molecule is Cc1cc(Nc2ncnc3ccc(N4CC5CC4CN5)nc23)ccc1Oc1ccn2c(c1)nc[n+]2C/C=C/C(=O)N1CC2CC1CN2c1ccc2ncnc(Nc3ccc(Oc4ccn5ncnc5c4)c(C)c3)c2n1. The van der Waals surface area contributed by atoms with Crippen molar-refractivity contribution in [1.82, 2.24) is 64.2 Å². The summed E-state index contributed by atoms with van der Waals surface area (Å²) < 4.78 is 18.1. The number of nitrogens with one attached hydrogen (secondary N) is 3. The van der Waals surface area contributed by atoms with Crippen LogP contribution >= 0.6 is 0 Å². The third-order valence-corrected chi connectivity index (χ3v) is 14.7. The summed E-state index contributed by atoms with van der Waals surface area (Å²) in [5.74, 6) is 5.82. The first kappa shape index (κ1) is 44.3. The van der Waals surface area contributed by atoms with E-state index in [1.165, 1.54) is 6.33 Å². The number of pyridine rings is 4. The summed E-state index contributed by atoms with van der Waals surface area (Å²) in [7, 11) is 0. The van der Waals surface area contributed by atoms with E-state index >= 15 is 0 Å². The first-order valence-electron chi connectivity index (χ1n) is 25.0. The van der Waals surface area contributed by atoms with Gasteiger partial charge in [-0.15, -0.1) is 9.20 Å². The lowest BCUT2D eigenvalue weighted by molar-refractivity contribution is -0.752. The summed E-state index contributed by atoms with van der Waals surface area (Å²) in [4.78, 5) is 57.4. The maximum atomic E-state index is 13.6. The fourth-order valence-electron chi connectivity index (χ4n) is 11.0. The summed E-state index contributed by atoms with van der Waals surface area (Å²) in [6.45, 7) is 7.72. The highest BCUT2D eigenvalue weighted by Gasteiger charge is 2.45. The number of piperazine rings is 2. The molecule has 75 heavy (non-hydrogen) atoms. The number of amides is 1. The van der Waals surface area contributed by atoms with Crippen molar-refractivity contribution in [2.45, 2.75) is 57.4 Å². The molecule has 21 heteroatoms. The van der Waals surface area contributed by atoms with E-state index in [4.69, 9.17) is 19.4 Å². The minimum atomic E-state index is -0.00327. The van der Waals surface area contributed by atoms with E-state index < -0.39 is 0 Å². The Balaban J connectivity index is 0.590. The van der Waals surface area contributed by atoms with Crippen LogP contribution < -0.4 is 39.9 Å². The van der Waals surface area contributed by atoms with Crippen molar-refractivity contribution in [3.8, 4) is 23.0 Å². The summed E-state index contributed by atoms with van der Waals surface area (Å²) in [5.41, 5.74) is 7.94. The number of fused-ring (bicyclic) bond motifs is 8. The van der Waals surface area contributed by atoms with Crippen LogP contribution in [0.5, 0.6) is 23.0 Å². The number of hydrogen-bond acceptors (Lipinski definition) is 17. The molecule has 1 amide bonds. The molecular formula is C54H49N18O3+. The fraction of sp³-hybridized carbons (Fsp3) is 0.241. The summed E-state index contributed by atoms with van der Waals surface area (Å²) in [6.07, 6.45) is 15.7. The molecule has 12 heterocycles. The molecule has 4 bridgehead atoms. The Hall–Kier alpha value is -9.37. The van der Waals surface area contributed by atoms with E-state index in [1.807, 2.05) is 125 Å². The largest absolute Gasteiger partial charge is 0.457 e. The fourth-order valence-corrected chi connectivity index (χ4v) is 11.0. The maximum absolute atomic E-state index is 13.6. The third-order valence-electron chi connectivity index (χ3n) is 14.7. The number of allylic oxidation sites excluding steroid dienone is 1. The van der Waals surface area contributed by atoms with E-state index in [2.05, 4.69) is 66.8 Å². The molecular weight excluding hydrogens is 949 g/mol. The van der Waals surface area contributed by atoms with Crippen LogP contribution in [0.4, 0.5) is 34.6 Å². The summed E-state index contributed by atoms with van der Waals surface area (Å²) in [5, 5.41) is 14.6. The quantitative estimate of drug-likeness (QED) is 0.0818. The summed E-state index contributed by atoms with van der Waals surface area (Å²) in [6, 6.07) is 28.6. The van der Waals surface area contributed by atoms with Crippen LogP contribution in [0.15, 0.2) is 135 Å². The van der Waals surface area contributed by atoms with Gasteiger partial charge in [-0.25, -0.2) is 39.4 Å². The van der Waals surface area contributed by atoms with Crippen molar-refractivity contribution in [3.05, 3.63) is 146 Å². The predicted octanol–water partition coefficient (Wildman–Crippen LogP) is 6.63. The molecule has 4 saturated heterocycles. The monoisotopic (exact) mass is 997 g/mol. The van der Waals surface area contributed by atoms with E-state index in [0.717, 1.165) is 88.1 Å². The second-order valence-electron chi connectivity index (χ2n) is 19.5. The second-order valence-corrected chi connectivity index (χ2v) is 19.5. The van der Waals surface area contributed by atoms with Gasteiger partial charge in [0.15, 0.2) is 17.3 Å². The number of carbonyl (C=O) groups is 1. The standard InChI is InChI=1S/C54H49N18O3/c1-32-18-34(5-9-44(32)74-40-13-16-71-48(22-40)58-30-62-71)64-54-52-43(57-29-60-54)8-12-47(66-52)69-26-39-21-38(69)27-70(39)50(73)4-3-15-67-31-61-49-23-41(14-17-72(49)67)75-45-10-6-35(19-33(45)2)63-53-51-42(56-28-59-53)7-11-46(65-51)68-25-36-20-37(68)24-55-36/h3-14,16-19,22-23,28-31,36-39,55H,15,20-21,24-27H2,1-2H3,(H,56,59,63)(H,57,60,64)/q+1/b4-3+. The van der Waals surface area contributed by atoms with Gasteiger partial charge in [-0.2, -0.15) is 5.10 Å². The number of aryl methyl sites for hydroxylation is 2. The molecule has 4 aliphatic rings. The van der Waals surface area contributed by atoms with Crippen molar-refractivity contribution < 1.29 is 19.0 Å². The molecule has 3 N–H and O–H groups in total. The number of ether oxygens (including phenoxy) is 2. The van der Waals surface area contributed by atoms with Gasteiger partial charge < -0.3 is 40.1 Å². The number of rotatable bonds is 13. The van der Waals surface area contributed by atoms with E-state index in [1.54, 1.807) is 29.6 Å². The van der Waals surface area contributed by atoms with Crippen molar-refractivity contribution in [3.63, 3.8) is 0 Å². The number of aromatic nitrogens is 12. The highest BCUT2D eigenvalue weighted by atomic mass is 16.5. The second kappa shape index (κ2) is 18.0. The number of nitrogens with zero attached hydrogens (tertiary/aromatic N) is 15. The molecule has 4 aliphatic heterocycles. The lowest BCUT2D eigenvalue weighted by Gasteiger charge is -2.34. The zero-order valence-corrected chi connectivity index (χ0v) is 40.9. The van der Waals surface area contributed by atoms with Crippen LogP contribution in [0.25, 0.3) is 33.4 Å². The van der Waals surface area contributed by atoms with Crippen LogP contribution in [-0.4, -0.2) is 115 Å². The Bertz CT molecular complexity index is 3920. The van der Waals surface area contributed by atoms with Crippen LogP contribution in [0, 0.1) is 13.8 Å². The molecule has 372 valence electrons. The summed E-state index contributed by atoms with van der Waals surface area (Å²) >= 11 is 0. The Morgan fingerprint density at radius 2 is 1.35 bits per heavy atom. The minimum Gasteiger partial charge on any atom is -0.457 e. The number of carbonyl (C=O) groups excluding carboxylic acids is 1. The molecule has 0 saturated carbocycles. The van der Waals surface area contributed by atoms with Crippen molar-refractivity contribution >= 4 is 73.9 Å². The van der Waals surface area contributed by atoms with Crippen LogP contribution in [0.3, 0.4) is 0 Å². The van der Waals surface area contributed by atoms with Crippen LogP contribution in [-0.2, 0) is 11.3 Å². The Kier molecular flexibility index (Phi) is 10.6. The normalized spacial score (nSPS) is 18.9. The lowest BCUT2D eigenvalue weighted by Crippen LogP contribution is -2.48. The zero-order valence-electron chi connectivity index (χ0n) is 40.9. The van der Waals surface area contributed by atoms with Gasteiger partial charge in [-0.1, -0.05) is 0 Å². The van der Waals surface area contributed by atoms with Gasteiger partial charge >= 0.3 is 6.33 Å². The van der Waals surface area contributed by atoms with Crippen molar-refractivity contribution in [1.29, 1.82) is 0 Å². The van der Waals surface area contributed by atoms with Crippen LogP contribution in [0.2, 0.25) is 0 Å². The van der Waals surface area contributed by atoms with Crippen molar-refractivity contribution in [2.24, 2.45) is 0 Å². The van der Waals surface area contributed by atoms with Gasteiger partial charge in [0.25, 0.3) is 5.65 Å². The van der Waals surface area contributed by atoms with E-state index in [-0.39, 0.29) is 18.0 Å². The Morgan fingerprint density at radius 3 is 1.97 bits per heavy atom. The molecule has 10 aromatic rings. The number of benzene rings is 2. The lowest BCUT2D eigenvalue weighted by atomic mass is 10.2. The Labute approximate surface area is 428 Å². The smallest absolute Gasteiger partial charge is 0.308 e. The topological polar surface area (TPSA) is 210 Å². The minimum absolute atomic E-state index is 0.00327. The van der Waals surface area contributed by atoms with Gasteiger partial charge in [0.2, 0.25) is 5.91 Å².